The molecule has 9 nitrogen and oxygen atoms in total. The number of carbonyl (C=O) groups is 1. The van der Waals surface area contributed by atoms with E-state index in [2.05, 4.69) is 41.5 Å². The first kappa shape index (κ1) is 87.4. The van der Waals surface area contributed by atoms with Gasteiger partial charge in [0.2, 0.25) is 11.5 Å². The lowest BCUT2D eigenvalue weighted by Gasteiger charge is -2.19. The minimum absolute atomic E-state index is 0.0845. The van der Waals surface area contributed by atoms with E-state index in [1.165, 1.54) is 270 Å². The maximum atomic E-state index is 14.2. The summed E-state index contributed by atoms with van der Waals surface area (Å²) in [4.78, 5) is 14.2. The Kier molecular flexibility index (Phi) is 54.6. The van der Waals surface area contributed by atoms with Gasteiger partial charge in [0.1, 0.15) is 23.0 Å². The lowest BCUT2D eigenvalue weighted by atomic mass is 10.0. The standard InChI is InChI=1S/C91H150O9/c1-7-13-19-25-31-37-43-49-55-69-93-85-75-83(76-86(94-70-56-50-44-38-32-26-20-14-8-2)90(85)97-73-59-53-47-41-35-29-23-17-11-5)99-81-65-61-79(62-66-81)89(92)80-63-67-82(68-64-80)100-84-77-87(95-71-57-51-45-39-33-27-21-15-9-3)91(98-74-60-54-48-42-36-30-24-18-12-6)88(78-84)96-72-58-52-46-40-34-28-22-16-10-4/h61-68,75-78H,7-60,69-74H2,1-6H3. The molecule has 100 heavy (non-hydrogen) atoms. The monoisotopic (exact) mass is 1390 g/mol. The normalized spacial score (nSPS) is 11.3. The average Bonchev–Trinajstić information content (AvgIpc) is 0.835. The fourth-order valence-corrected chi connectivity index (χ4v) is 13.3. The maximum absolute atomic E-state index is 14.2. The molecule has 0 fully saturated rings. The van der Waals surface area contributed by atoms with Crippen LogP contribution in [-0.4, -0.2) is 45.4 Å². The third-order valence-electron chi connectivity index (χ3n) is 19.7. The number of unbranched alkanes of at least 4 members (excludes halogenated alkanes) is 48. The summed E-state index contributed by atoms with van der Waals surface area (Å²) in [6, 6.07) is 22.7. The molecule has 0 saturated carbocycles. The van der Waals surface area contributed by atoms with Gasteiger partial charge < -0.3 is 37.9 Å². The Morgan fingerprint density at radius 3 is 0.570 bits per heavy atom. The lowest BCUT2D eigenvalue weighted by Crippen LogP contribution is -2.07. The zero-order valence-corrected chi connectivity index (χ0v) is 65.5. The molecule has 568 valence electrons. The smallest absolute Gasteiger partial charge is 0.203 e. The van der Waals surface area contributed by atoms with Gasteiger partial charge in [-0.1, -0.05) is 350 Å². The molecule has 0 spiro atoms. The van der Waals surface area contributed by atoms with Gasteiger partial charge in [0.05, 0.1) is 39.6 Å². The van der Waals surface area contributed by atoms with Crippen molar-refractivity contribution in [1.82, 2.24) is 0 Å². The zero-order chi connectivity index (χ0) is 71.1. The molecular formula is C91H150O9. The highest BCUT2D eigenvalue weighted by Gasteiger charge is 2.21. The maximum Gasteiger partial charge on any atom is 0.203 e. The fraction of sp³-hybridized carbons (Fsp3) is 0.725. The largest absolute Gasteiger partial charge is 0.489 e. The van der Waals surface area contributed by atoms with Crippen molar-refractivity contribution in [2.75, 3.05) is 39.6 Å². The summed E-state index contributed by atoms with van der Waals surface area (Å²) in [6.45, 7) is 17.3. The Labute approximate surface area is 614 Å². The third kappa shape index (κ3) is 43.2. The van der Waals surface area contributed by atoms with Crippen LogP contribution in [0.2, 0.25) is 0 Å². The Balaban J connectivity index is 1.52. The summed E-state index contributed by atoms with van der Waals surface area (Å²) < 4.78 is 53.3. The number of hydrogen-bond acceptors (Lipinski definition) is 9. The van der Waals surface area contributed by atoms with Crippen LogP contribution in [0, 0.1) is 0 Å². The van der Waals surface area contributed by atoms with Crippen LogP contribution in [0.15, 0.2) is 72.8 Å². The first-order valence-electron chi connectivity index (χ1n) is 42.7. The summed E-state index contributed by atoms with van der Waals surface area (Å²) >= 11 is 0. The highest BCUT2D eigenvalue weighted by Crippen LogP contribution is 2.45. The highest BCUT2D eigenvalue weighted by molar-refractivity contribution is 6.09. The molecule has 4 rings (SSSR count). The molecule has 4 aromatic rings. The second-order valence-electron chi connectivity index (χ2n) is 29.1. The van der Waals surface area contributed by atoms with Gasteiger partial charge in [-0.3, -0.25) is 4.79 Å². The predicted molar refractivity (Wildman–Crippen MR) is 426 cm³/mol. The Bertz CT molecular complexity index is 2240. The van der Waals surface area contributed by atoms with Crippen molar-refractivity contribution < 1.29 is 42.7 Å². The second kappa shape index (κ2) is 62.5. The fourth-order valence-electron chi connectivity index (χ4n) is 13.3. The van der Waals surface area contributed by atoms with Gasteiger partial charge in [0, 0.05) is 35.4 Å². The molecule has 0 aromatic heterocycles. The molecule has 4 aromatic carbocycles. The highest BCUT2D eigenvalue weighted by atomic mass is 16.6. The topological polar surface area (TPSA) is 90.9 Å². The lowest BCUT2D eigenvalue weighted by molar-refractivity contribution is 0.103. The quantitative estimate of drug-likeness (QED) is 0.0317. The second-order valence-corrected chi connectivity index (χ2v) is 29.1. The van der Waals surface area contributed by atoms with Crippen LogP contribution in [0.4, 0.5) is 0 Å². The van der Waals surface area contributed by atoms with E-state index < -0.39 is 0 Å². The van der Waals surface area contributed by atoms with E-state index in [9.17, 15) is 4.79 Å². The van der Waals surface area contributed by atoms with E-state index in [-0.39, 0.29) is 5.78 Å². The van der Waals surface area contributed by atoms with Gasteiger partial charge in [0.15, 0.2) is 28.8 Å². The number of ketones is 1. The molecule has 0 aliphatic rings. The van der Waals surface area contributed by atoms with Crippen molar-refractivity contribution in [3.05, 3.63) is 83.9 Å². The first-order chi connectivity index (χ1) is 49.4. The molecule has 0 heterocycles. The number of hydrogen-bond donors (Lipinski definition) is 0. The van der Waals surface area contributed by atoms with Crippen molar-refractivity contribution in [1.29, 1.82) is 0 Å². The molecule has 0 unspecified atom stereocenters. The van der Waals surface area contributed by atoms with E-state index in [0.717, 1.165) is 77.0 Å². The molecule has 9 heteroatoms. The van der Waals surface area contributed by atoms with Crippen LogP contribution in [-0.2, 0) is 0 Å². The molecular weight excluding hydrogens is 1240 g/mol. The zero-order valence-electron chi connectivity index (χ0n) is 65.5. The van der Waals surface area contributed by atoms with Gasteiger partial charge in [0.25, 0.3) is 0 Å². The molecule has 0 saturated heterocycles. The molecule has 0 radical (unpaired) electrons. The van der Waals surface area contributed by atoms with Crippen LogP contribution >= 0.6 is 0 Å². The van der Waals surface area contributed by atoms with Crippen LogP contribution < -0.4 is 37.9 Å². The average molecular weight is 1390 g/mol. The van der Waals surface area contributed by atoms with Crippen molar-refractivity contribution >= 4 is 5.78 Å². The molecule has 0 bridgehead atoms. The van der Waals surface area contributed by atoms with E-state index >= 15 is 0 Å². The summed E-state index contributed by atoms with van der Waals surface area (Å²) in [6.07, 6.45) is 67.5. The van der Waals surface area contributed by atoms with Crippen LogP contribution in [0.1, 0.15) is 404 Å². The van der Waals surface area contributed by atoms with Crippen LogP contribution in [0.3, 0.4) is 0 Å². The predicted octanol–water partition coefficient (Wildman–Crippen LogP) is 30.0. The van der Waals surface area contributed by atoms with Gasteiger partial charge in [-0.2, -0.15) is 0 Å². The molecule has 0 atom stereocenters. The van der Waals surface area contributed by atoms with E-state index in [1.54, 1.807) is 0 Å². The first-order valence-corrected chi connectivity index (χ1v) is 42.7. The van der Waals surface area contributed by atoms with Gasteiger partial charge in [-0.15, -0.1) is 0 Å². The minimum Gasteiger partial charge on any atom is -0.489 e. The molecule has 0 N–H and O–H groups in total. The Morgan fingerprint density at radius 1 is 0.210 bits per heavy atom. The van der Waals surface area contributed by atoms with Crippen LogP contribution in [0.25, 0.3) is 0 Å². The summed E-state index contributed by atoms with van der Waals surface area (Å²) in [5, 5.41) is 0. The minimum atomic E-state index is -0.0845. The number of carbonyl (C=O) groups excluding carboxylic acids is 1. The van der Waals surface area contributed by atoms with E-state index in [4.69, 9.17) is 37.9 Å². The van der Waals surface area contributed by atoms with Gasteiger partial charge in [-0.25, -0.2) is 0 Å². The summed E-state index contributed by atoms with van der Waals surface area (Å²) in [7, 11) is 0. The number of benzene rings is 4. The van der Waals surface area contributed by atoms with Crippen molar-refractivity contribution in [2.45, 2.75) is 388 Å². The van der Waals surface area contributed by atoms with Gasteiger partial charge in [-0.05, 0) is 87.1 Å². The number of rotatable bonds is 72. The number of ether oxygens (including phenoxy) is 8. The summed E-state index contributed by atoms with van der Waals surface area (Å²) in [5.41, 5.74) is 1.13. The van der Waals surface area contributed by atoms with Crippen molar-refractivity contribution in [2.24, 2.45) is 0 Å². The SMILES string of the molecule is CCCCCCCCCCCOc1cc(Oc2ccc(C(=O)c3ccc(Oc4cc(OCCCCCCCCCCC)c(OCCCCCCCCCCC)c(OCCCCCCCCCCC)c4)cc3)cc2)cc(OCCCCCCCCCCC)c1OCCCCCCCCCCC. The molecule has 0 aliphatic carbocycles. The van der Waals surface area contributed by atoms with E-state index in [0.29, 0.717) is 108 Å². The Morgan fingerprint density at radius 2 is 0.380 bits per heavy atom. The van der Waals surface area contributed by atoms with Crippen molar-refractivity contribution in [3.8, 4) is 57.5 Å². The van der Waals surface area contributed by atoms with Crippen molar-refractivity contribution in [3.63, 3.8) is 0 Å². The molecule has 0 aliphatic heterocycles. The van der Waals surface area contributed by atoms with Gasteiger partial charge >= 0.3 is 0 Å². The molecule has 0 amide bonds. The van der Waals surface area contributed by atoms with Crippen LogP contribution in [0.5, 0.6) is 57.5 Å². The van der Waals surface area contributed by atoms with E-state index in [1.807, 2.05) is 72.8 Å². The Hall–Kier alpha value is -5.05. The summed E-state index contributed by atoms with van der Waals surface area (Å²) in [5.74, 6) is 6.38. The third-order valence-corrected chi connectivity index (χ3v) is 19.7.